The van der Waals surface area contributed by atoms with Crippen LogP contribution in [0.1, 0.15) is 46.0 Å². The minimum atomic E-state index is -1.55. The molecule has 0 saturated carbocycles. The second kappa shape index (κ2) is 14.0. The van der Waals surface area contributed by atoms with E-state index in [1.807, 2.05) is 0 Å². The molecule has 34 heavy (non-hydrogen) atoms. The topological polar surface area (TPSA) is 238 Å². The van der Waals surface area contributed by atoms with Crippen molar-refractivity contribution >= 4 is 35.6 Å². The minimum Gasteiger partial charge on any atom is -0.481 e. The number of nitrogens with zero attached hydrogens (tertiary/aromatic N) is 1. The Hall–Kier alpha value is -3.42. The van der Waals surface area contributed by atoms with Crippen molar-refractivity contribution in [2.45, 2.75) is 70.1 Å². The largest absolute Gasteiger partial charge is 0.481 e. The van der Waals surface area contributed by atoms with Gasteiger partial charge in [0.15, 0.2) is 5.96 Å². The molecule has 0 bridgehead atoms. The Kier molecular flexibility index (Phi) is 11.8. The van der Waals surface area contributed by atoms with Crippen LogP contribution in [0.4, 0.5) is 0 Å². The van der Waals surface area contributed by atoms with Crippen molar-refractivity contribution in [3.8, 4) is 0 Å². The van der Waals surface area contributed by atoms with Crippen LogP contribution in [-0.4, -0.2) is 83.1 Å². The Morgan fingerprint density at radius 3 is 2.18 bits per heavy atom. The second-order valence-corrected chi connectivity index (χ2v) is 8.39. The van der Waals surface area contributed by atoms with E-state index >= 15 is 0 Å². The van der Waals surface area contributed by atoms with Crippen LogP contribution in [0.15, 0.2) is 4.99 Å². The fourth-order valence-electron chi connectivity index (χ4n) is 3.38. The molecule has 0 radical (unpaired) electrons. The number of nitrogens with two attached hydrogens (primary N) is 2. The Bertz CT molecular complexity index is 777. The number of rotatable bonds is 14. The van der Waals surface area contributed by atoms with Crippen molar-refractivity contribution in [2.75, 3.05) is 13.1 Å². The van der Waals surface area contributed by atoms with Gasteiger partial charge in [-0.15, -0.1) is 0 Å². The highest BCUT2D eigenvalue weighted by molar-refractivity contribution is 5.95. The molecule has 4 unspecified atom stereocenters. The molecule has 1 saturated heterocycles. The summed E-state index contributed by atoms with van der Waals surface area (Å²) < 4.78 is 0. The first-order valence-electron chi connectivity index (χ1n) is 11.1. The molecule has 0 spiro atoms. The number of nitrogens with one attached hydrogen (secondary N) is 4. The second-order valence-electron chi connectivity index (χ2n) is 8.39. The van der Waals surface area contributed by atoms with Crippen molar-refractivity contribution in [1.29, 1.82) is 0 Å². The van der Waals surface area contributed by atoms with Crippen molar-refractivity contribution in [1.82, 2.24) is 21.3 Å². The maximum absolute atomic E-state index is 12.9. The third-order valence-electron chi connectivity index (χ3n) is 5.20. The lowest BCUT2D eigenvalue weighted by Crippen LogP contribution is -2.58. The summed E-state index contributed by atoms with van der Waals surface area (Å²) in [4.78, 5) is 64.5. The predicted molar refractivity (Wildman–Crippen MR) is 121 cm³/mol. The molecule has 14 heteroatoms. The third kappa shape index (κ3) is 10.0. The van der Waals surface area contributed by atoms with Gasteiger partial charge in [-0.05, 0) is 38.1 Å². The van der Waals surface area contributed by atoms with Crippen LogP contribution in [0.5, 0.6) is 0 Å². The van der Waals surface area contributed by atoms with E-state index in [9.17, 15) is 34.2 Å². The van der Waals surface area contributed by atoms with E-state index in [1.165, 1.54) is 0 Å². The molecule has 10 N–H and O–H groups in total. The highest BCUT2D eigenvalue weighted by Crippen LogP contribution is 2.09. The molecule has 0 aromatic rings. The number of carbonyl (C=O) groups is 5. The summed E-state index contributed by atoms with van der Waals surface area (Å²) in [6.07, 6.45) is 0.892. The molecule has 1 rings (SSSR count). The Morgan fingerprint density at radius 2 is 1.68 bits per heavy atom. The maximum Gasteiger partial charge on any atom is 0.326 e. The van der Waals surface area contributed by atoms with Crippen LogP contribution in [-0.2, 0) is 24.0 Å². The first kappa shape index (κ1) is 28.6. The summed E-state index contributed by atoms with van der Waals surface area (Å²) in [5, 5.41) is 28.8. The van der Waals surface area contributed by atoms with Gasteiger partial charge in [0.05, 0.1) is 12.5 Å². The smallest absolute Gasteiger partial charge is 0.326 e. The molecule has 1 heterocycles. The van der Waals surface area contributed by atoms with Gasteiger partial charge in [-0.3, -0.25) is 24.2 Å². The molecular formula is C20H35N7O7. The molecule has 1 aliphatic heterocycles. The van der Waals surface area contributed by atoms with Crippen LogP contribution in [0.3, 0.4) is 0 Å². The van der Waals surface area contributed by atoms with Gasteiger partial charge in [0, 0.05) is 6.54 Å². The molecule has 4 atom stereocenters. The Morgan fingerprint density at radius 1 is 1.03 bits per heavy atom. The number of amides is 3. The van der Waals surface area contributed by atoms with Crippen LogP contribution in [0.2, 0.25) is 0 Å². The first-order valence-corrected chi connectivity index (χ1v) is 11.1. The number of guanidine groups is 1. The summed E-state index contributed by atoms with van der Waals surface area (Å²) in [5.74, 6) is -5.32. The fourth-order valence-corrected chi connectivity index (χ4v) is 3.38. The van der Waals surface area contributed by atoms with Crippen LogP contribution in [0, 0.1) is 5.92 Å². The highest BCUT2D eigenvalue weighted by atomic mass is 16.4. The average molecular weight is 486 g/mol. The number of aliphatic imine (C=N–C) groups is 1. The maximum atomic E-state index is 12.9. The molecular weight excluding hydrogens is 450 g/mol. The van der Waals surface area contributed by atoms with Crippen molar-refractivity contribution in [3.05, 3.63) is 0 Å². The van der Waals surface area contributed by atoms with E-state index in [0.717, 1.165) is 6.42 Å². The zero-order chi connectivity index (χ0) is 25.8. The summed E-state index contributed by atoms with van der Waals surface area (Å²) in [5.41, 5.74) is 10.4. The summed E-state index contributed by atoms with van der Waals surface area (Å²) >= 11 is 0. The monoisotopic (exact) mass is 485 g/mol. The van der Waals surface area contributed by atoms with Crippen LogP contribution in [0.25, 0.3) is 0 Å². The highest BCUT2D eigenvalue weighted by Gasteiger charge is 2.33. The standard InChI is InChI=1S/C20H35N7O7/c1-10(2)15(27-16(30)11-5-3-7-23-11)18(32)26-13(9-14(28)29)17(31)25-12(19(33)34)6-4-8-24-20(21)22/h10-13,15,23H,3-9H2,1-2H3,(H,25,31)(H,26,32)(H,27,30)(H,28,29)(H,33,34)(H4,21,22,24). The van der Waals surface area contributed by atoms with Gasteiger partial charge in [-0.1, -0.05) is 13.8 Å². The first-order chi connectivity index (χ1) is 15.9. The Labute approximate surface area is 197 Å². The lowest BCUT2D eigenvalue weighted by atomic mass is 10.0. The lowest BCUT2D eigenvalue weighted by molar-refractivity contribution is -0.144. The molecule has 1 fully saturated rings. The van der Waals surface area contributed by atoms with Gasteiger partial charge in [-0.25, -0.2) is 4.79 Å². The molecule has 192 valence electrons. The Balaban J connectivity index is 2.85. The summed E-state index contributed by atoms with van der Waals surface area (Å²) in [6.45, 7) is 4.21. The number of hydrogen-bond donors (Lipinski definition) is 8. The van der Waals surface area contributed by atoms with E-state index in [-0.39, 0.29) is 37.2 Å². The number of carbonyl (C=O) groups excluding carboxylic acids is 3. The van der Waals surface area contributed by atoms with Crippen molar-refractivity contribution in [2.24, 2.45) is 22.4 Å². The minimum absolute atomic E-state index is 0.0232. The summed E-state index contributed by atoms with van der Waals surface area (Å²) in [7, 11) is 0. The van der Waals surface area contributed by atoms with E-state index in [4.69, 9.17) is 11.5 Å². The van der Waals surface area contributed by atoms with Gasteiger partial charge in [0.2, 0.25) is 17.7 Å². The number of carboxylic acid groups (broad SMARTS) is 2. The van der Waals surface area contributed by atoms with Gasteiger partial charge in [0.1, 0.15) is 18.1 Å². The SMILES string of the molecule is CC(C)C(NC(=O)C1CCCN1)C(=O)NC(CC(=O)O)C(=O)NC(CCCN=C(N)N)C(=O)O. The summed E-state index contributed by atoms with van der Waals surface area (Å²) in [6, 6.07) is -4.34. The van der Waals surface area contributed by atoms with E-state index < -0.39 is 54.3 Å². The zero-order valence-electron chi connectivity index (χ0n) is 19.4. The number of aliphatic carboxylic acids is 2. The lowest BCUT2D eigenvalue weighted by Gasteiger charge is -2.26. The van der Waals surface area contributed by atoms with E-state index in [1.54, 1.807) is 13.8 Å². The van der Waals surface area contributed by atoms with Gasteiger partial charge < -0.3 is 42.9 Å². The van der Waals surface area contributed by atoms with Gasteiger partial charge >= 0.3 is 11.9 Å². The average Bonchev–Trinajstić information content (AvgIpc) is 3.27. The molecule has 0 aromatic heterocycles. The molecule has 0 aliphatic carbocycles. The number of carboxylic acids is 2. The van der Waals surface area contributed by atoms with Crippen molar-refractivity contribution < 1.29 is 34.2 Å². The third-order valence-corrected chi connectivity index (χ3v) is 5.20. The van der Waals surface area contributed by atoms with E-state index in [2.05, 4.69) is 26.3 Å². The van der Waals surface area contributed by atoms with Crippen LogP contribution < -0.4 is 32.7 Å². The molecule has 14 nitrogen and oxygen atoms in total. The normalized spacial score (nSPS) is 17.8. The zero-order valence-corrected chi connectivity index (χ0v) is 19.4. The molecule has 0 aromatic carbocycles. The van der Waals surface area contributed by atoms with E-state index in [0.29, 0.717) is 13.0 Å². The predicted octanol–water partition coefficient (Wildman–Crippen LogP) is -2.54. The molecule has 3 amide bonds. The van der Waals surface area contributed by atoms with Crippen molar-refractivity contribution in [3.63, 3.8) is 0 Å². The quantitative estimate of drug-likeness (QED) is 0.0728. The number of hydrogen-bond acceptors (Lipinski definition) is 7. The van der Waals surface area contributed by atoms with Gasteiger partial charge in [-0.2, -0.15) is 0 Å². The fraction of sp³-hybridized carbons (Fsp3) is 0.700. The molecule has 1 aliphatic rings. The van der Waals surface area contributed by atoms with Gasteiger partial charge in [0.25, 0.3) is 0 Å². The van der Waals surface area contributed by atoms with Crippen LogP contribution >= 0.6 is 0 Å².